The molecule has 0 unspecified atom stereocenters. The van der Waals surface area contributed by atoms with Crippen molar-refractivity contribution in [2.45, 2.75) is 32.9 Å². The minimum Gasteiger partial charge on any atom is -0.357 e. The van der Waals surface area contributed by atoms with Crippen molar-refractivity contribution in [3.63, 3.8) is 0 Å². The van der Waals surface area contributed by atoms with E-state index < -0.39 is 6.04 Å². The van der Waals surface area contributed by atoms with Gasteiger partial charge in [-0.25, -0.2) is 0 Å². The summed E-state index contributed by atoms with van der Waals surface area (Å²) < 4.78 is 0. The van der Waals surface area contributed by atoms with Gasteiger partial charge in [0.25, 0.3) is 0 Å². The number of nitrogens with zero attached hydrogens (tertiary/aromatic N) is 1. The van der Waals surface area contributed by atoms with Gasteiger partial charge >= 0.3 is 0 Å². The molecule has 138 valence electrons. The molecule has 0 radical (unpaired) electrons. The molecule has 0 aliphatic rings. The lowest BCUT2D eigenvalue weighted by Crippen LogP contribution is -2.47. The Kier molecular flexibility index (Phi) is 7.06. The van der Waals surface area contributed by atoms with E-state index in [4.69, 9.17) is 23.2 Å². The average molecular weight is 393 g/mol. The number of rotatable bonds is 6. The fraction of sp³-hybridized carbons (Fsp3) is 0.300. The lowest BCUT2D eigenvalue weighted by Gasteiger charge is -2.28. The molecule has 2 amide bonds. The van der Waals surface area contributed by atoms with Crippen molar-refractivity contribution in [3.05, 3.63) is 69.2 Å². The van der Waals surface area contributed by atoms with Gasteiger partial charge in [-0.15, -0.1) is 0 Å². The molecule has 0 spiro atoms. The first-order valence-electron chi connectivity index (χ1n) is 8.33. The predicted molar refractivity (Wildman–Crippen MR) is 105 cm³/mol. The van der Waals surface area contributed by atoms with Gasteiger partial charge < -0.3 is 10.2 Å². The maximum Gasteiger partial charge on any atom is 0.242 e. The second kappa shape index (κ2) is 9.06. The van der Waals surface area contributed by atoms with E-state index in [1.807, 2.05) is 31.2 Å². The Morgan fingerprint density at radius 2 is 1.65 bits per heavy atom. The number of nitrogens with one attached hydrogen (secondary N) is 1. The van der Waals surface area contributed by atoms with Crippen molar-refractivity contribution in [2.75, 3.05) is 7.05 Å². The molecule has 26 heavy (non-hydrogen) atoms. The first kappa shape index (κ1) is 20.3. The van der Waals surface area contributed by atoms with E-state index >= 15 is 0 Å². The molecule has 6 heteroatoms. The standard InChI is InChI=1S/C20H22Cl2N2O2/c1-13-7-9-15(10-8-13)12-24(14(2)20(26)23-3)19(25)11-16-17(21)5-4-6-18(16)22/h4-10,14H,11-12H2,1-3H3,(H,23,26)/t14-/m1/s1. The zero-order chi connectivity index (χ0) is 19.3. The van der Waals surface area contributed by atoms with Gasteiger partial charge in [-0.2, -0.15) is 0 Å². The zero-order valence-corrected chi connectivity index (χ0v) is 16.6. The van der Waals surface area contributed by atoms with Gasteiger partial charge in [0, 0.05) is 23.6 Å². The minimum absolute atomic E-state index is 0.0334. The minimum atomic E-state index is -0.616. The quantitative estimate of drug-likeness (QED) is 0.806. The van der Waals surface area contributed by atoms with Crippen LogP contribution in [-0.4, -0.2) is 29.8 Å². The molecule has 0 aromatic heterocycles. The highest BCUT2D eigenvalue weighted by Crippen LogP contribution is 2.26. The highest BCUT2D eigenvalue weighted by Gasteiger charge is 2.26. The van der Waals surface area contributed by atoms with Crippen LogP contribution in [0.3, 0.4) is 0 Å². The molecule has 0 aliphatic heterocycles. The molecule has 0 fully saturated rings. The fourth-order valence-corrected chi connectivity index (χ4v) is 3.17. The molecule has 2 aromatic carbocycles. The SMILES string of the molecule is CNC(=O)[C@@H](C)N(Cc1ccc(C)cc1)C(=O)Cc1c(Cl)cccc1Cl. The molecule has 0 aliphatic carbocycles. The first-order chi connectivity index (χ1) is 12.3. The number of likely N-dealkylation sites (N-methyl/N-ethyl adjacent to an activating group) is 1. The van der Waals surface area contributed by atoms with Gasteiger partial charge in [-0.3, -0.25) is 9.59 Å². The number of carbonyl (C=O) groups excluding carboxylic acids is 2. The molecule has 0 saturated heterocycles. The Hall–Kier alpha value is -2.04. The van der Waals surface area contributed by atoms with Gasteiger partial charge in [0.05, 0.1) is 6.42 Å². The molecule has 4 nitrogen and oxygen atoms in total. The van der Waals surface area contributed by atoms with Crippen LogP contribution in [0.15, 0.2) is 42.5 Å². The Morgan fingerprint density at radius 1 is 1.08 bits per heavy atom. The van der Waals surface area contributed by atoms with E-state index in [0.29, 0.717) is 22.2 Å². The molecule has 1 N–H and O–H groups in total. The largest absolute Gasteiger partial charge is 0.357 e. The summed E-state index contributed by atoms with van der Waals surface area (Å²) in [6.07, 6.45) is 0.0334. The van der Waals surface area contributed by atoms with Crippen molar-refractivity contribution in [1.29, 1.82) is 0 Å². The fourth-order valence-electron chi connectivity index (χ4n) is 2.64. The summed E-state index contributed by atoms with van der Waals surface area (Å²) >= 11 is 12.4. The maximum atomic E-state index is 13.0. The Balaban J connectivity index is 2.28. The van der Waals surface area contributed by atoms with Gasteiger partial charge in [-0.1, -0.05) is 59.1 Å². The number of hydrogen-bond acceptors (Lipinski definition) is 2. The molecule has 0 heterocycles. The second-order valence-electron chi connectivity index (χ2n) is 6.17. The van der Waals surface area contributed by atoms with Crippen molar-refractivity contribution in [2.24, 2.45) is 0 Å². The third-order valence-corrected chi connectivity index (χ3v) is 4.99. The van der Waals surface area contributed by atoms with Gasteiger partial charge in [0.2, 0.25) is 11.8 Å². The summed E-state index contributed by atoms with van der Waals surface area (Å²) in [5.74, 6) is -0.438. The van der Waals surface area contributed by atoms with E-state index in [2.05, 4.69) is 5.32 Å². The Morgan fingerprint density at radius 3 is 2.19 bits per heavy atom. The molecule has 0 saturated carbocycles. The van der Waals surface area contributed by atoms with E-state index in [-0.39, 0.29) is 18.2 Å². The number of carbonyl (C=O) groups is 2. The highest BCUT2D eigenvalue weighted by molar-refractivity contribution is 6.36. The van der Waals surface area contributed by atoms with Crippen LogP contribution in [0.1, 0.15) is 23.6 Å². The average Bonchev–Trinajstić information content (AvgIpc) is 2.63. The third-order valence-electron chi connectivity index (χ3n) is 4.28. The van der Waals surface area contributed by atoms with Crippen molar-refractivity contribution >= 4 is 35.0 Å². The summed E-state index contributed by atoms with van der Waals surface area (Å²) in [4.78, 5) is 26.7. The summed E-state index contributed by atoms with van der Waals surface area (Å²) in [6.45, 7) is 4.04. The number of benzene rings is 2. The normalized spacial score (nSPS) is 11.7. The maximum absolute atomic E-state index is 13.0. The van der Waals surface area contributed by atoms with Crippen LogP contribution >= 0.6 is 23.2 Å². The smallest absolute Gasteiger partial charge is 0.242 e. The molecule has 2 aromatic rings. The molecule has 2 rings (SSSR count). The monoisotopic (exact) mass is 392 g/mol. The summed E-state index contributed by atoms with van der Waals surface area (Å²) in [5, 5.41) is 3.47. The summed E-state index contributed by atoms with van der Waals surface area (Å²) in [7, 11) is 1.55. The lowest BCUT2D eigenvalue weighted by molar-refractivity contribution is -0.139. The van der Waals surface area contributed by atoms with Crippen molar-refractivity contribution in [1.82, 2.24) is 10.2 Å². The van der Waals surface area contributed by atoms with E-state index in [1.165, 1.54) is 0 Å². The van der Waals surface area contributed by atoms with Gasteiger partial charge in [0.15, 0.2) is 0 Å². The van der Waals surface area contributed by atoms with Crippen molar-refractivity contribution in [3.8, 4) is 0 Å². The van der Waals surface area contributed by atoms with Gasteiger partial charge in [-0.05, 0) is 37.1 Å². The van der Waals surface area contributed by atoms with Crippen LogP contribution in [0.4, 0.5) is 0 Å². The second-order valence-corrected chi connectivity index (χ2v) is 6.99. The molecule has 1 atom stereocenters. The summed E-state index contributed by atoms with van der Waals surface area (Å²) in [5.41, 5.74) is 2.65. The number of halogens is 2. The highest BCUT2D eigenvalue weighted by atomic mass is 35.5. The molecular weight excluding hydrogens is 371 g/mol. The van der Waals surface area contributed by atoms with Crippen LogP contribution in [0.2, 0.25) is 10.0 Å². The first-order valence-corrected chi connectivity index (χ1v) is 9.08. The van der Waals surface area contributed by atoms with E-state index in [9.17, 15) is 9.59 Å². The van der Waals surface area contributed by atoms with Crippen LogP contribution in [0.25, 0.3) is 0 Å². The number of aryl methyl sites for hydroxylation is 1. The Bertz CT molecular complexity index is 771. The lowest BCUT2D eigenvalue weighted by atomic mass is 10.1. The van der Waals surface area contributed by atoms with Crippen LogP contribution in [-0.2, 0) is 22.6 Å². The van der Waals surface area contributed by atoms with Crippen LogP contribution < -0.4 is 5.32 Å². The third kappa shape index (κ3) is 4.99. The molecular formula is C20H22Cl2N2O2. The van der Waals surface area contributed by atoms with Crippen LogP contribution in [0.5, 0.6) is 0 Å². The van der Waals surface area contributed by atoms with Crippen LogP contribution in [0, 0.1) is 6.92 Å². The van der Waals surface area contributed by atoms with Crippen molar-refractivity contribution < 1.29 is 9.59 Å². The zero-order valence-electron chi connectivity index (χ0n) is 15.1. The number of hydrogen-bond donors (Lipinski definition) is 1. The Labute approximate surface area is 164 Å². The van der Waals surface area contributed by atoms with E-state index in [1.54, 1.807) is 37.1 Å². The predicted octanol–water partition coefficient (Wildman–Crippen LogP) is 4.01. The van der Waals surface area contributed by atoms with E-state index in [0.717, 1.165) is 11.1 Å². The molecule has 0 bridgehead atoms. The number of amides is 2. The topological polar surface area (TPSA) is 49.4 Å². The van der Waals surface area contributed by atoms with Gasteiger partial charge in [0.1, 0.15) is 6.04 Å². The summed E-state index contributed by atoms with van der Waals surface area (Å²) in [6, 6.07) is 12.4.